The highest BCUT2D eigenvalue weighted by Crippen LogP contribution is 2.42. The number of aromatic nitrogens is 2. The number of carbonyl (C=O) groups is 1. The minimum atomic E-state index is -0.226. The number of nitrogens with one attached hydrogen (secondary N) is 1. The third-order valence-corrected chi connectivity index (χ3v) is 4.72. The number of hydrogen-bond acceptors (Lipinski definition) is 5. The van der Waals surface area contributed by atoms with Gasteiger partial charge in [0.05, 0.1) is 0 Å². The van der Waals surface area contributed by atoms with E-state index in [9.17, 15) is 4.79 Å². The third kappa shape index (κ3) is 3.17. The van der Waals surface area contributed by atoms with Crippen LogP contribution in [0.2, 0.25) is 0 Å². The van der Waals surface area contributed by atoms with Crippen molar-refractivity contribution in [2.24, 2.45) is 0 Å². The number of carbonyl (C=O) groups excluding carboxylic acids is 1. The lowest BCUT2D eigenvalue weighted by Gasteiger charge is -2.08. The average molecular weight is 325 g/mol. The van der Waals surface area contributed by atoms with Crippen molar-refractivity contribution >= 4 is 33.1 Å². The maximum absolute atomic E-state index is 12.0. The highest BCUT2D eigenvalue weighted by Gasteiger charge is 2.27. The van der Waals surface area contributed by atoms with Crippen molar-refractivity contribution in [3.63, 3.8) is 0 Å². The Labute approximate surface area is 137 Å². The molecule has 1 fully saturated rings. The van der Waals surface area contributed by atoms with E-state index in [4.69, 9.17) is 4.74 Å². The molecule has 2 aromatic carbocycles. The molecular weight excluding hydrogens is 310 g/mol. The Morgan fingerprint density at radius 3 is 2.87 bits per heavy atom. The minimum absolute atomic E-state index is 0.0493. The Kier molecular flexibility index (Phi) is 3.67. The van der Waals surface area contributed by atoms with Crippen LogP contribution >= 0.6 is 11.3 Å². The number of hydrogen-bond donors (Lipinski definition) is 1. The van der Waals surface area contributed by atoms with E-state index in [0.29, 0.717) is 16.8 Å². The van der Waals surface area contributed by atoms with Crippen LogP contribution in [0.4, 0.5) is 5.13 Å². The van der Waals surface area contributed by atoms with Crippen molar-refractivity contribution in [3.8, 4) is 5.75 Å². The van der Waals surface area contributed by atoms with Crippen LogP contribution in [0.15, 0.2) is 42.5 Å². The number of nitrogens with zero attached hydrogens (tertiary/aromatic N) is 2. The van der Waals surface area contributed by atoms with Gasteiger partial charge in [0.1, 0.15) is 10.8 Å². The molecule has 0 spiro atoms. The summed E-state index contributed by atoms with van der Waals surface area (Å²) in [5.41, 5.74) is 0. The number of anilines is 1. The molecule has 1 saturated carbocycles. The first-order valence-electron chi connectivity index (χ1n) is 7.53. The molecule has 6 heteroatoms. The predicted molar refractivity (Wildman–Crippen MR) is 90.0 cm³/mol. The fourth-order valence-electron chi connectivity index (χ4n) is 2.40. The fraction of sp³-hybridized carbons (Fsp3) is 0.235. The summed E-state index contributed by atoms with van der Waals surface area (Å²) in [4.78, 5) is 12.0. The first-order chi connectivity index (χ1) is 11.3. The summed E-state index contributed by atoms with van der Waals surface area (Å²) in [6.45, 7) is -0.0493. The normalized spacial score (nSPS) is 13.9. The van der Waals surface area contributed by atoms with E-state index in [0.717, 1.165) is 15.8 Å². The Morgan fingerprint density at radius 2 is 2.00 bits per heavy atom. The van der Waals surface area contributed by atoms with E-state index in [-0.39, 0.29) is 12.5 Å². The molecule has 5 nitrogen and oxygen atoms in total. The lowest BCUT2D eigenvalue weighted by atomic mass is 10.1. The van der Waals surface area contributed by atoms with Gasteiger partial charge in [0.2, 0.25) is 5.13 Å². The molecule has 3 aromatic rings. The highest BCUT2D eigenvalue weighted by molar-refractivity contribution is 7.15. The Morgan fingerprint density at radius 1 is 1.17 bits per heavy atom. The van der Waals surface area contributed by atoms with Crippen LogP contribution in [-0.4, -0.2) is 22.7 Å². The van der Waals surface area contributed by atoms with Gasteiger partial charge in [-0.3, -0.25) is 10.1 Å². The van der Waals surface area contributed by atoms with E-state index in [1.54, 1.807) is 0 Å². The molecule has 0 saturated heterocycles. The number of rotatable bonds is 5. The SMILES string of the molecule is O=C(COc1cccc2ccccc12)Nc1nnc(C2CC2)s1. The number of amides is 1. The van der Waals surface area contributed by atoms with Crippen LogP contribution < -0.4 is 10.1 Å². The first-order valence-corrected chi connectivity index (χ1v) is 8.35. The van der Waals surface area contributed by atoms with Crippen LogP contribution in [0.3, 0.4) is 0 Å². The van der Waals surface area contributed by atoms with Crippen LogP contribution in [0, 0.1) is 0 Å². The molecule has 0 radical (unpaired) electrons. The van der Waals surface area contributed by atoms with Crippen molar-refractivity contribution in [1.82, 2.24) is 10.2 Å². The van der Waals surface area contributed by atoms with Gasteiger partial charge in [-0.2, -0.15) is 0 Å². The van der Waals surface area contributed by atoms with Gasteiger partial charge in [0.15, 0.2) is 6.61 Å². The van der Waals surface area contributed by atoms with Crippen molar-refractivity contribution < 1.29 is 9.53 Å². The molecule has 0 aliphatic heterocycles. The van der Waals surface area contributed by atoms with Crippen LogP contribution in [-0.2, 0) is 4.79 Å². The summed E-state index contributed by atoms with van der Waals surface area (Å²) in [5, 5.41) is 14.5. The van der Waals surface area contributed by atoms with E-state index in [2.05, 4.69) is 15.5 Å². The molecule has 4 rings (SSSR count). The Hall–Kier alpha value is -2.47. The van der Waals surface area contributed by atoms with Crippen molar-refractivity contribution in [2.75, 3.05) is 11.9 Å². The second-order valence-electron chi connectivity index (χ2n) is 5.53. The monoisotopic (exact) mass is 325 g/mol. The smallest absolute Gasteiger partial charge is 0.264 e. The van der Waals surface area contributed by atoms with Gasteiger partial charge in [0, 0.05) is 11.3 Å². The molecule has 23 heavy (non-hydrogen) atoms. The molecule has 116 valence electrons. The highest BCUT2D eigenvalue weighted by atomic mass is 32.1. The molecule has 1 heterocycles. The lowest BCUT2D eigenvalue weighted by molar-refractivity contribution is -0.118. The topological polar surface area (TPSA) is 64.1 Å². The maximum Gasteiger partial charge on any atom is 0.264 e. The van der Waals surface area contributed by atoms with E-state index < -0.39 is 0 Å². The molecule has 1 N–H and O–H groups in total. The van der Waals surface area contributed by atoms with Gasteiger partial charge in [0.25, 0.3) is 5.91 Å². The fourth-order valence-corrected chi connectivity index (χ4v) is 3.33. The average Bonchev–Trinajstić information content (AvgIpc) is 3.33. The minimum Gasteiger partial charge on any atom is -0.483 e. The van der Waals surface area contributed by atoms with E-state index in [1.165, 1.54) is 24.2 Å². The second-order valence-corrected chi connectivity index (χ2v) is 6.54. The summed E-state index contributed by atoms with van der Waals surface area (Å²) >= 11 is 1.45. The standard InChI is InChI=1S/C17H15N3O2S/c21-15(18-17-20-19-16(23-17)12-8-9-12)10-22-14-7-3-5-11-4-1-2-6-13(11)14/h1-7,12H,8-10H2,(H,18,20,21). The summed E-state index contributed by atoms with van der Waals surface area (Å²) in [5.74, 6) is 1.02. The van der Waals surface area contributed by atoms with E-state index >= 15 is 0 Å². The lowest BCUT2D eigenvalue weighted by Crippen LogP contribution is -2.20. The zero-order valence-corrected chi connectivity index (χ0v) is 13.2. The Balaban J connectivity index is 1.40. The quantitative estimate of drug-likeness (QED) is 0.778. The van der Waals surface area contributed by atoms with E-state index in [1.807, 2.05) is 42.5 Å². The summed E-state index contributed by atoms with van der Waals surface area (Å²) in [6.07, 6.45) is 2.35. The van der Waals surface area contributed by atoms with Crippen LogP contribution in [0.5, 0.6) is 5.75 Å². The summed E-state index contributed by atoms with van der Waals surface area (Å²) < 4.78 is 5.66. The molecular formula is C17H15N3O2S. The maximum atomic E-state index is 12.0. The zero-order chi connectivity index (χ0) is 15.6. The summed E-state index contributed by atoms with van der Waals surface area (Å²) in [6, 6.07) is 13.7. The number of ether oxygens (including phenoxy) is 1. The van der Waals surface area contributed by atoms with Crippen molar-refractivity contribution in [2.45, 2.75) is 18.8 Å². The van der Waals surface area contributed by atoms with Crippen molar-refractivity contribution in [3.05, 3.63) is 47.5 Å². The van der Waals surface area contributed by atoms with Gasteiger partial charge < -0.3 is 4.74 Å². The largest absolute Gasteiger partial charge is 0.483 e. The second kappa shape index (κ2) is 5.96. The molecule has 1 aromatic heterocycles. The molecule has 0 bridgehead atoms. The predicted octanol–water partition coefficient (Wildman–Crippen LogP) is 3.59. The third-order valence-electron chi connectivity index (χ3n) is 3.72. The van der Waals surface area contributed by atoms with Gasteiger partial charge in [-0.05, 0) is 24.3 Å². The van der Waals surface area contributed by atoms with Gasteiger partial charge in [-0.25, -0.2) is 0 Å². The van der Waals surface area contributed by atoms with Crippen LogP contribution in [0.25, 0.3) is 10.8 Å². The van der Waals surface area contributed by atoms with Gasteiger partial charge >= 0.3 is 0 Å². The number of benzene rings is 2. The molecule has 1 amide bonds. The molecule has 0 unspecified atom stereocenters. The van der Waals surface area contributed by atoms with Gasteiger partial charge in [-0.1, -0.05) is 47.7 Å². The zero-order valence-electron chi connectivity index (χ0n) is 12.4. The number of fused-ring (bicyclic) bond motifs is 1. The molecule has 0 atom stereocenters. The first kappa shape index (κ1) is 14.1. The van der Waals surface area contributed by atoms with Gasteiger partial charge in [-0.15, -0.1) is 10.2 Å². The molecule has 1 aliphatic rings. The Bertz CT molecular complexity index is 852. The van der Waals surface area contributed by atoms with Crippen LogP contribution in [0.1, 0.15) is 23.8 Å². The van der Waals surface area contributed by atoms with Crippen molar-refractivity contribution in [1.29, 1.82) is 0 Å². The summed E-state index contributed by atoms with van der Waals surface area (Å²) in [7, 11) is 0. The molecule has 1 aliphatic carbocycles.